The van der Waals surface area contributed by atoms with Crippen molar-refractivity contribution in [1.29, 1.82) is 0 Å². The summed E-state index contributed by atoms with van der Waals surface area (Å²) < 4.78 is 4.98. The van der Waals surface area contributed by atoms with E-state index in [4.69, 9.17) is 10.5 Å². The van der Waals surface area contributed by atoms with E-state index in [0.717, 1.165) is 19.4 Å². The van der Waals surface area contributed by atoms with Crippen molar-refractivity contribution in [2.24, 2.45) is 5.73 Å². The van der Waals surface area contributed by atoms with Gasteiger partial charge in [0.1, 0.15) is 6.04 Å². The summed E-state index contributed by atoms with van der Waals surface area (Å²) in [6.07, 6.45) is 2.04. The number of rotatable bonds is 4. The Labute approximate surface area is 126 Å². The minimum absolute atomic E-state index is 0. The van der Waals surface area contributed by atoms with Crippen molar-refractivity contribution in [1.82, 2.24) is 4.90 Å². The van der Waals surface area contributed by atoms with E-state index < -0.39 is 6.04 Å². The van der Waals surface area contributed by atoms with Gasteiger partial charge in [0.15, 0.2) is 0 Å². The quantitative estimate of drug-likeness (QED) is 0.925. The normalized spacial score (nSPS) is 19.6. The van der Waals surface area contributed by atoms with Gasteiger partial charge in [-0.25, -0.2) is 0 Å². The van der Waals surface area contributed by atoms with E-state index in [1.165, 1.54) is 11.1 Å². The second-order valence-corrected chi connectivity index (χ2v) is 5.11. The van der Waals surface area contributed by atoms with Gasteiger partial charge >= 0.3 is 0 Å². The summed E-state index contributed by atoms with van der Waals surface area (Å²) in [5.74, 6) is -0.00685. The number of benzene rings is 1. The zero-order valence-electron chi connectivity index (χ0n) is 12.0. The SMILES string of the molecule is COCC(N)C(=O)N1CCCC1c1ccccc1C.Cl. The number of nitrogens with two attached hydrogens (primary N) is 1. The van der Waals surface area contributed by atoms with E-state index in [1.807, 2.05) is 17.0 Å². The Kier molecular flexibility index (Phi) is 6.46. The van der Waals surface area contributed by atoms with E-state index in [2.05, 4.69) is 19.1 Å². The molecule has 2 rings (SSSR count). The molecule has 2 N–H and O–H groups in total. The lowest BCUT2D eigenvalue weighted by atomic mass is 9.99. The molecule has 1 saturated heterocycles. The van der Waals surface area contributed by atoms with Gasteiger partial charge in [-0.05, 0) is 30.9 Å². The molecular formula is C15H23ClN2O2. The zero-order valence-corrected chi connectivity index (χ0v) is 12.9. The van der Waals surface area contributed by atoms with Crippen LogP contribution in [0.2, 0.25) is 0 Å². The van der Waals surface area contributed by atoms with Gasteiger partial charge in [-0.15, -0.1) is 12.4 Å². The first-order valence-corrected chi connectivity index (χ1v) is 6.75. The molecule has 1 heterocycles. The topological polar surface area (TPSA) is 55.6 Å². The highest BCUT2D eigenvalue weighted by Crippen LogP contribution is 2.33. The summed E-state index contributed by atoms with van der Waals surface area (Å²) in [4.78, 5) is 14.3. The monoisotopic (exact) mass is 298 g/mol. The average molecular weight is 299 g/mol. The van der Waals surface area contributed by atoms with Crippen LogP contribution in [0, 0.1) is 6.92 Å². The highest BCUT2D eigenvalue weighted by Gasteiger charge is 2.33. The number of carbonyl (C=O) groups excluding carboxylic acids is 1. The number of amides is 1. The molecule has 1 aliphatic heterocycles. The molecule has 2 atom stereocenters. The Morgan fingerprint density at radius 3 is 2.85 bits per heavy atom. The second kappa shape index (κ2) is 7.62. The third-order valence-electron chi connectivity index (χ3n) is 3.75. The maximum Gasteiger partial charge on any atom is 0.242 e. The molecule has 0 aliphatic carbocycles. The Morgan fingerprint density at radius 1 is 1.50 bits per heavy atom. The fourth-order valence-electron chi connectivity index (χ4n) is 2.78. The van der Waals surface area contributed by atoms with Gasteiger partial charge in [0.05, 0.1) is 12.6 Å². The molecule has 2 unspecified atom stereocenters. The van der Waals surface area contributed by atoms with E-state index in [1.54, 1.807) is 7.11 Å². The number of ether oxygens (including phenoxy) is 1. The fraction of sp³-hybridized carbons (Fsp3) is 0.533. The van der Waals surface area contributed by atoms with Gasteiger partial charge in [-0.2, -0.15) is 0 Å². The number of likely N-dealkylation sites (tertiary alicyclic amines) is 1. The number of hydrogen-bond donors (Lipinski definition) is 1. The third-order valence-corrected chi connectivity index (χ3v) is 3.75. The second-order valence-electron chi connectivity index (χ2n) is 5.11. The van der Waals surface area contributed by atoms with Gasteiger partial charge in [0.25, 0.3) is 0 Å². The maximum absolute atomic E-state index is 12.4. The van der Waals surface area contributed by atoms with Crippen molar-refractivity contribution in [3.8, 4) is 0 Å². The van der Waals surface area contributed by atoms with Gasteiger partial charge in [-0.1, -0.05) is 24.3 Å². The molecule has 1 aliphatic rings. The van der Waals surface area contributed by atoms with Gasteiger partial charge in [-0.3, -0.25) is 4.79 Å². The van der Waals surface area contributed by atoms with Crippen LogP contribution in [0.25, 0.3) is 0 Å². The predicted octanol–water partition coefficient (Wildman–Crippen LogP) is 2.05. The van der Waals surface area contributed by atoms with Crippen molar-refractivity contribution in [3.05, 3.63) is 35.4 Å². The van der Waals surface area contributed by atoms with Crippen molar-refractivity contribution in [2.45, 2.75) is 31.8 Å². The summed E-state index contributed by atoms with van der Waals surface area (Å²) in [5, 5.41) is 0. The molecule has 4 nitrogen and oxygen atoms in total. The molecule has 0 spiro atoms. The lowest BCUT2D eigenvalue weighted by Gasteiger charge is -2.28. The van der Waals surface area contributed by atoms with Crippen LogP contribution in [0.5, 0.6) is 0 Å². The zero-order chi connectivity index (χ0) is 13.8. The minimum Gasteiger partial charge on any atom is -0.383 e. The molecule has 0 bridgehead atoms. The minimum atomic E-state index is -0.561. The van der Waals surface area contributed by atoms with Crippen molar-refractivity contribution >= 4 is 18.3 Å². The molecule has 0 aromatic heterocycles. The summed E-state index contributed by atoms with van der Waals surface area (Å²) in [6, 6.07) is 7.85. The molecule has 0 saturated carbocycles. The van der Waals surface area contributed by atoms with Crippen LogP contribution >= 0.6 is 12.4 Å². The van der Waals surface area contributed by atoms with Crippen LogP contribution in [-0.2, 0) is 9.53 Å². The number of methoxy groups -OCH3 is 1. The molecule has 1 aromatic rings. The number of carbonyl (C=O) groups is 1. The van der Waals surface area contributed by atoms with E-state index in [9.17, 15) is 4.79 Å². The van der Waals surface area contributed by atoms with E-state index in [-0.39, 0.29) is 31.0 Å². The third kappa shape index (κ3) is 3.51. The molecule has 20 heavy (non-hydrogen) atoms. The van der Waals surface area contributed by atoms with Crippen LogP contribution < -0.4 is 5.73 Å². The molecule has 1 aromatic carbocycles. The first-order valence-electron chi connectivity index (χ1n) is 6.75. The van der Waals surface area contributed by atoms with E-state index in [0.29, 0.717) is 0 Å². The van der Waals surface area contributed by atoms with Gasteiger partial charge in [0.2, 0.25) is 5.91 Å². The molecule has 5 heteroatoms. The highest BCUT2D eigenvalue weighted by atomic mass is 35.5. The Hall–Kier alpha value is -1.10. The van der Waals surface area contributed by atoms with Gasteiger partial charge < -0.3 is 15.4 Å². The summed E-state index contributed by atoms with van der Waals surface area (Å²) >= 11 is 0. The molecule has 1 amide bonds. The van der Waals surface area contributed by atoms with Crippen molar-refractivity contribution in [2.75, 3.05) is 20.3 Å². The lowest BCUT2D eigenvalue weighted by molar-refractivity contribution is -0.134. The summed E-state index contributed by atoms with van der Waals surface area (Å²) in [7, 11) is 1.57. The number of hydrogen-bond acceptors (Lipinski definition) is 3. The standard InChI is InChI=1S/C15H22N2O2.ClH/c1-11-6-3-4-7-12(11)14-8-5-9-17(14)15(18)13(16)10-19-2;/h3-4,6-7,13-14H,5,8-10,16H2,1-2H3;1H. The first kappa shape index (κ1) is 17.0. The fourth-order valence-corrected chi connectivity index (χ4v) is 2.78. The summed E-state index contributed by atoms with van der Waals surface area (Å²) in [6.45, 7) is 3.15. The van der Waals surface area contributed by atoms with E-state index >= 15 is 0 Å². The number of halogens is 1. The summed E-state index contributed by atoms with van der Waals surface area (Å²) in [5.41, 5.74) is 8.33. The van der Waals surface area contributed by atoms with Crippen molar-refractivity contribution < 1.29 is 9.53 Å². The van der Waals surface area contributed by atoms with Crippen LogP contribution in [0.3, 0.4) is 0 Å². The lowest BCUT2D eigenvalue weighted by Crippen LogP contribution is -2.45. The van der Waals surface area contributed by atoms with Crippen molar-refractivity contribution in [3.63, 3.8) is 0 Å². The van der Waals surface area contributed by atoms with Crippen LogP contribution in [0.15, 0.2) is 24.3 Å². The van der Waals surface area contributed by atoms with Crippen LogP contribution in [0.1, 0.15) is 30.0 Å². The van der Waals surface area contributed by atoms with Crippen LogP contribution in [0.4, 0.5) is 0 Å². The molecule has 112 valence electrons. The van der Waals surface area contributed by atoms with Gasteiger partial charge in [0, 0.05) is 13.7 Å². The molecule has 0 radical (unpaired) electrons. The highest BCUT2D eigenvalue weighted by molar-refractivity contribution is 5.85. The Morgan fingerprint density at radius 2 is 2.20 bits per heavy atom. The number of aryl methyl sites for hydroxylation is 1. The average Bonchev–Trinajstić information content (AvgIpc) is 2.87. The van der Waals surface area contributed by atoms with Crippen LogP contribution in [-0.4, -0.2) is 37.1 Å². The smallest absolute Gasteiger partial charge is 0.242 e. The number of nitrogens with zero attached hydrogens (tertiary/aromatic N) is 1. The predicted molar refractivity (Wildman–Crippen MR) is 82.0 cm³/mol. The molecule has 1 fully saturated rings. The Bertz CT molecular complexity index is 453. The Balaban J connectivity index is 0.00000200. The first-order chi connectivity index (χ1) is 9.15. The maximum atomic E-state index is 12.4. The molecular weight excluding hydrogens is 276 g/mol. The largest absolute Gasteiger partial charge is 0.383 e.